The second-order valence-corrected chi connectivity index (χ2v) is 5.09. The molecule has 21 heavy (non-hydrogen) atoms. The Kier molecular flexibility index (Phi) is 5.30. The molecule has 5 nitrogen and oxygen atoms in total. The van der Waals surface area contributed by atoms with E-state index >= 15 is 0 Å². The van der Waals surface area contributed by atoms with Crippen LogP contribution in [-0.2, 0) is 4.79 Å². The number of halogens is 2. The Hall–Kier alpha value is -1.92. The Morgan fingerprint density at radius 3 is 2.76 bits per heavy atom. The molecule has 1 aliphatic carbocycles. The monoisotopic (exact) mass is 300 g/mol. The summed E-state index contributed by atoms with van der Waals surface area (Å²) in [6, 6.07) is 3.52. The molecule has 7 heteroatoms. The fourth-order valence-corrected chi connectivity index (χ4v) is 2.46. The molecular weight excluding hydrogens is 282 g/mol. The maximum Gasteiger partial charge on any atom is 0.306 e. The van der Waals surface area contributed by atoms with Crippen molar-refractivity contribution in [1.29, 1.82) is 0 Å². The van der Waals surface area contributed by atoms with E-state index < -0.39 is 19.0 Å². The first-order valence-electron chi connectivity index (χ1n) is 6.91. The van der Waals surface area contributed by atoms with E-state index in [0.29, 0.717) is 18.5 Å². The lowest BCUT2D eigenvalue weighted by Crippen LogP contribution is -2.29. The molecule has 0 saturated heterocycles. The van der Waals surface area contributed by atoms with Crippen LogP contribution in [0.1, 0.15) is 25.7 Å². The quantitative estimate of drug-likeness (QED) is 0.845. The summed E-state index contributed by atoms with van der Waals surface area (Å²) < 4.78 is 29.4. The van der Waals surface area contributed by atoms with Gasteiger partial charge in [-0.15, -0.1) is 0 Å². The number of nitrogens with zero attached hydrogens (tertiary/aromatic N) is 1. The zero-order chi connectivity index (χ0) is 15.2. The van der Waals surface area contributed by atoms with Crippen LogP contribution < -0.4 is 10.1 Å². The fraction of sp³-hybridized carbons (Fsp3) is 0.571. The van der Waals surface area contributed by atoms with Gasteiger partial charge < -0.3 is 15.2 Å². The highest BCUT2D eigenvalue weighted by Gasteiger charge is 2.26. The minimum Gasteiger partial charge on any atom is -0.481 e. The average Bonchev–Trinajstić information content (AvgIpc) is 2.47. The SMILES string of the molecule is O=C(O)C1CCC(Nc2cccnc2OCC(F)F)CC1. The van der Waals surface area contributed by atoms with E-state index in [-0.39, 0.29) is 17.8 Å². The molecule has 0 amide bonds. The van der Waals surface area contributed by atoms with Crippen molar-refractivity contribution < 1.29 is 23.4 Å². The number of carbonyl (C=O) groups is 1. The summed E-state index contributed by atoms with van der Waals surface area (Å²) in [5, 5.41) is 12.2. The highest BCUT2D eigenvalue weighted by atomic mass is 19.3. The van der Waals surface area contributed by atoms with E-state index in [0.717, 1.165) is 12.8 Å². The summed E-state index contributed by atoms with van der Waals surface area (Å²) in [6.45, 7) is -0.697. The molecule has 1 saturated carbocycles. The lowest BCUT2D eigenvalue weighted by atomic mass is 9.86. The molecule has 2 rings (SSSR count). The summed E-state index contributed by atoms with van der Waals surface area (Å²) in [6.07, 6.45) is 1.60. The predicted molar refractivity (Wildman–Crippen MR) is 72.7 cm³/mol. The Morgan fingerprint density at radius 1 is 1.43 bits per heavy atom. The van der Waals surface area contributed by atoms with Crippen molar-refractivity contribution in [2.75, 3.05) is 11.9 Å². The first kappa shape index (κ1) is 15.5. The molecule has 0 aliphatic heterocycles. The summed E-state index contributed by atoms with van der Waals surface area (Å²) in [7, 11) is 0. The third kappa shape index (κ3) is 4.54. The van der Waals surface area contributed by atoms with Crippen LogP contribution in [0.15, 0.2) is 18.3 Å². The zero-order valence-corrected chi connectivity index (χ0v) is 11.5. The number of alkyl halides is 2. The van der Waals surface area contributed by atoms with Crippen molar-refractivity contribution in [3.05, 3.63) is 18.3 Å². The normalized spacial score (nSPS) is 22.0. The Bertz CT molecular complexity index is 477. The number of ether oxygens (including phenoxy) is 1. The van der Waals surface area contributed by atoms with E-state index in [1.165, 1.54) is 6.20 Å². The van der Waals surface area contributed by atoms with Gasteiger partial charge in [0.25, 0.3) is 6.43 Å². The van der Waals surface area contributed by atoms with Crippen molar-refractivity contribution in [2.45, 2.75) is 38.2 Å². The zero-order valence-electron chi connectivity index (χ0n) is 11.5. The van der Waals surface area contributed by atoms with E-state index in [1.54, 1.807) is 12.1 Å². The van der Waals surface area contributed by atoms with Crippen LogP contribution in [0.5, 0.6) is 5.88 Å². The van der Waals surface area contributed by atoms with Gasteiger partial charge in [-0.25, -0.2) is 13.8 Å². The van der Waals surface area contributed by atoms with Crippen molar-refractivity contribution in [3.8, 4) is 5.88 Å². The molecular formula is C14H18F2N2O3. The fourth-order valence-electron chi connectivity index (χ4n) is 2.46. The van der Waals surface area contributed by atoms with Crippen LogP contribution in [0.2, 0.25) is 0 Å². The molecule has 1 fully saturated rings. The van der Waals surface area contributed by atoms with Gasteiger partial charge in [-0.2, -0.15) is 0 Å². The van der Waals surface area contributed by atoms with E-state index in [1.807, 2.05) is 0 Å². The maximum absolute atomic E-state index is 12.2. The highest BCUT2D eigenvalue weighted by Crippen LogP contribution is 2.29. The molecule has 116 valence electrons. The Labute approximate surface area is 121 Å². The average molecular weight is 300 g/mol. The second kappa shape index (κ2) is 7.19. The number of carboxylic acid groups (broad SMARTS) is 1. The third-order valence-corrected chi connectivity index (χ3v) is 3.55. The highest BCUT2D eigenvalue weighted by molar-refractivity contribution is 5.70. The van der Waals surface area contributed by atoms with Crippen molar-refractivity contribution in [1.82, 2.24) is 4.98 Å². The number of aromatic nitrogens is 1. The van der Waals surface area contributed by atoms with Crippen molar-refractivity contribution in [3.63, 3.8) is 0 Å². The molecule has 1 aromatic heterocycles. The van der Waals surface area contributed by atoms with E-state index in [9.17, 15) is 13.6 Å². The van der Waals surface area contributed by atoms with Crippen LogP contribution in [-0.4, -0.2) is 35.1 Å². The van der Waals surface area contributed by atoms with Gasteiger partial charge in [0.05, 0.1) is 11.6 Å². The van der Waals surface area contributed by atoms with E-state index in [2.05, 4.69) is 10.3 Å². The van der Waals surface area contributed by atoms with Gasteiger partial charge in [0.15, 0.2) is 6.61 Å². The number of hydrogen-bond acceptors (Lipinski definition) is 4. The summed E-state index contributed by atoms with van der Waals surface area (Å²) in [5.74, 6) is -0.888. The smallest absolute Gasteiger partial charge is 0.306 e. The topological polar surface area (TPSA) is 71.5 Å². The first-order valence-corrected chi connectivity index (χ1v) is 6.91. The molecule has 0 unspecified atom stereocenters. The number of rotatable bonds is 6. The van der Waals surface area contributed by atoms with Gasteiger partial charge >= 0.3 is 5.97 Å². The number of anilines is 1. The van der Waals surface area contributed by atoms with Crippen LogP contribution >= 0.6 is 0 Å². The minimum atomic E-state index is -2.55. The standard InChI is InChI=1S/C14H18F2N2O3/c15-12(16)8-21-13-11(2-1-7-17-13)18-10-5-3-9(4-6-10)14(19)20/h1-2,7,9-10,12,18H,3-6,8H2,(H,19,20). The second-order valence-electron chi connectivity index (χ2n) is 5.09. The van der Waals surface area contributed by atoms with Crippen LogP contribution in [0.4, 0.5) is 14.5 Å². The van der Waals surface area contributed by atoms with Gasteiger partial charge in [-0.05, 0) is 37.8 Å². The van der Waals surface area contributed by atoms with Gasteiger partial charge in [0.1, 0.15) is 0 Å². The van der Waals surface area contributed by atoms with Gasteiger partial charge in [-0.3, -0.25) is 4.79 Å². The third-order valence-electron chi connectivity index (χ3n) is 3.55. The maximum atomic E-state index is 12.2. The molecule has 0 spiro atoms. The van der Waals surface area contributed by atoms with Crippen molar-refractivity contribution in [2.24, 2.45) is 5.92 Å². The Balaban J connectivity index is 1.92. The molecule has 1 heterocycles. The van der Waals surface area contributed by atoms with Gasteiger partial charge in [0.2, 0.25) is 5.88 Å². The number of hydrogen-bond donors (Lipinski definition) is 2. The first-order chi connectivity index (χ1) is 10.1. The van der Waals surface area contributed by atoms with Gasteiger partial charge in [0, 0.05) is 12.2 Å². The van der Waals surface area contributed by atoms with E-state index in [4.69, 9.17) is 9.84 Å². The number of aliphatic carboxylic acids is 1. The lowest BCUT2D eigenvalue weighted by molar-refractivity contribution is -0.142. The predicted octanol–water partition coefficient (Wildman–Crippen LogP) is 2.78. The molecule has 0 atom stereocenters. The van der Waals surface area contributed by atoms with Gasteiger partial charge in [-0.1, -0.05) is 0 Å². The number of carboxylic acids is 1. The van der Waals surface area contributed by atoms with Crippen LogP contribution in [0.3, 0.4) is 0 Å². The van der Waals surface area contributed by atoms with Crippen LogP contribution in [0.25, 0.3) is 0 Å². The minimum absolute atomic E-state index is 0.110. The number of pyridine rings is 1. The molecule has 1 aromatic rings. The molecule has 1 aliphatic rings. The number of nitrogens with one attached hydrogen (secondary N) is 1. The Morgan fingerprint density at radius 2 is 2.14 bits per heavy atom. The summed E-state index contributed by atoms with van der Waals surface area (Å²) >= 11 is 0. The molecule has 0 bridgehead atoms. The summed E-state index contributed by atoms with van der Waals surface area (Å²) in [4.78, 5) is 14.8. The van der Waals surface area contributed by atoms with Crippen LogP contribution in [0, 0.1) is 5.92 Å². The summed E-state index contributed by atoms with van der Waals surface area (Å²) in [5.41, 5.74) is 0.567. The molecule has 0 radical (unpaired) electrons. The molecule has 2 N–H and O–H groups in total. The lowest BCUT2D eigenvalue weighted by Gasteiger charge is -2.28. The molecule has 0 aromatic carbocycles. The largest absolute Gasteiger partial charge is 0.481 e. The van der Waals surface area contributed by atoms with Crippen molar-refractivity contribution >= 4 is 11.7 Å².